The van der Waals surface area contributed by atoms with Crippen LogP contribution in [0.15, 0.2) is 24.3 Å². The van der Waals surface area contributed by atoms with Crippen molar-refractivity contribution in [2.24, 2.45) is 5.73 Å². The van der Waals surface area contributed by atoms with E-state index in [9.17, 15) is 26.7 Å². The summed E-state index contributed by atoms with van der Waals surface area (Å²) in [5.41, 5.74) is 3.42. The summed E-state index contributed by atoms with van der Waals surface area (Å²) in [6, 6.07) is 3.44. The van der Waals surface area contributed by atoms with Gasteiger partial charge in [-0.05, 0) is 36.6 Å². The van der Waals surface area contributed by atoms with E-state index in [0.29, 0.717) is 17.2 Å². The number of aryl methyl sites for hydroxylation is 2. The number of aliphatic carboxylic acids is 1. The van der Waals surface area contributed by atoms with Crippen molar-refractivity contribution in [1.82, 2.24) is 0 Å². The summed E-state index contributed by atoms with van der Waals surface area (Å²) in [4.78, 5) is 10.8. The second-order valence-electron chi connectivity index (χ2n) is 5.98. The van der Waals surface area contributed by atoms with E-state index in [-0.39, 0.29) is 18.0 Å². The number of carboxylic acids is 1. The number of hydrogen-bond donors (Lipinski definition) is 2. The van der Waals surface area contributed by atoms with E-state index >= 15 is 0 Å². The molecule has 0 fully saturated rings. The molecule has 148 valence electrons. The average molecular weight is 410 g/mol. The summed E-state index contributed by atoms with van der Waals surface area (Å²) >= 11 is 0. The maximum Gasteiger partial charge on any atom is 0.419 e. The van der Waals surface area contributed by atoms with Crippen molar-refractivity contribution in [3.63, 3.8) is 0 Å². The van der Waals surface area contributed by atoms with Crippen molar-refractivity contribution < 1.29 is 31.9 Å². The fraction of sp³-hybridized carbons (Fsp3) is 0.278. The Kier molecular flexibility index (Phi) is 6.96. The van der Waals surface area contributed by atoms with Gasteiger partial charge in [0.2, 0.25) is 0 Å². The second-order valence-corrected chi connectivity index (χ2v) is 5.98. The highest BCUT2D eigenvalue weighted by Crippen LogP contribution is 2.41. The lowest BCUT2D eigenvalue weighted by molar-refractivity contribution is -0.140. The number of carboxylic acid groups (broad SMARTS) is 1. The minimum atomic E-state index is -5.10. The van der Waals surface area contributed by atoms with Gasteiger partial charge in [0.05, 0.1) is 12.0 Å². The van der Waals surface area contributed by atoms with E-state index in [2.05, 4.69) is 0 Å². The van der Waals surface area contributed by atoms with Gasteiger partial charge in [0.15, 0.2) is 0 Å². The highest BCUT2D eigenvalue weighted by Gasteiger charge is 2.38. The summed E-state index contributed by atoms with van der Waals surface area (Å²) in [5, 5.41) is 8.78. The third kappa shape index (κ3) is 4.56. The predicted octanol–water partition coefficient (Wildman–Crippen LogP) is 5.16. The van der Waals surface area contributed by atoms with Crippen molar-refractivity contribution in [1.29, 1.82) is 0 Å². The first-order valence-corrected chi connectivity index (χ1v) is 7.58. The monoisotopic (exact) mass is 409 g/mol. The van der Waals surface area contributed by atoms with Crippen LogP contribution >= 0.6 is 12.4 Å². The Morgan fingerprint density at radius 2 is 1.67 bits per heavy atom. The number of hydrogen-bond acceptors (Lipinski definition) is 2. The molecule has 2 aromatic carbocycles. The molecule has 2 rings (SSSR count). The SMILES string of the molecule is Cc1cccc(C)c1-c1cc(C(F)(F)F)c(F)c([C@@H](N)CC(=O)O)c1F.Cl. The molecule has 0 aliphatic heterocycles. The molecule has 0 saturated carbocycles. The van der Waals surface area contributed by atoms with Crippen LogP contribution in [-0.2, 0) is 11.0 Å². The first-order valence-electron chi connectivity index (χ1n) is 7.58. The molecule has 0 aliphatic rings. The lowest BCUT2D eigenvalue weighted by Gasteiger charge is -2.20. The Morgan fingerprint density at radius 3 is 2.11 bits per heavy atom. The van der Waals surface area contributed by atoms with E-state index in [1.54, 1.807) is 32.0 Å². The van der Waals surface area contributed by atoms with Gasteiger partial charge in [-0.2, -0.15) is 13.2 Å². The van der Waals surface area contributed by atoms with Crippen LogP contribution < -0.4 is 5.73 Å². The molecule has 3 nitrogen and oxygen atoms in total. The molecular formula is C18H17ClF5NO2. The van der Waals surface area contributed by atoms with Gasteiger partial charge >= 0.3 is 12.1 Å². The third-order valence-corrected chi connectivity index (χ3v) is 4.06. The van der Waals surface area contributed by atoms with Gasteiger partial charge in [-0.3, -0.25) is 4.79 Å². The number of alkyl halides is 3. The third-order valence-electron chi connectivity index (χ3n) is 4.06. The number of rotatable bonds is 4. The van der Waals surface area contributed by atoms with Crippen molar-refractivity contribution in [2.45, 2.75) is 32.5 Å². The van der Waals surface area contributed by atoms with E-state index < -0.39 is 52.9 Å². The van der Waals surface area contributed by atoms with E-state index in [0.717, 1.165) is 0 Å². The largest absolute Gasteiger partial charge is 0.481 e. The van der Waals surface area contributed by atoms with Crippen molar-refractivity contribution >= 4 is 18.4 Å². The Balaban J connectivity index is 0.00000364. The van der Waals surface area contributed by atoms with Gasteiger partial charge < -0.3 is 10.8 Å². The first-order chi connectivity index (χ1) is 11.9. The Labute approximate surface area is 158 Å². The second kappa shape index (κ2) is 8.22. The highest BCUT2D eigenvalue weighted by atomic mass is 35.5. The number of nitrogens with two attached hydrogens (primary N) is 1. The average Bonchev–Trinajstić information content (AvgIpc) is 2.47. The summed E-state index contributed by atoms with van der Waals surface area (Å²) < 4.78 is 69.2. The zero-order valence-corrected chi connectivity index (χ0v) is 15.1. The molecule has 2 aromatic rings. The summed E-state index contributed by atoms with van der Waals surface area (Å²) in [6.45, 7) is 3.16. The minimum absolute atomic E-state index is 0. The van der Waals surface area contributed by atoms with Gasteiger partial charge in [-0.25, -0.2) is 8.78 Å². The standard InChI is InChI=1S/C18H16F5NO2.ClH/c1-8-4-3-5-9(2)14(8)10-6-11(18(21,22)23)17(20)15(16(10)19)12(24)7-13(25)26;/h3-6,12H,7,24H2,1-2H3,(H,25,26);1H/t12-;/m0./s1. The Morgan fingerprint density at radius 1 is 1.15 bits per heavy atom. The zero-order chi connectivity index (χ0) is 19.8. The van der Waals surface area contributed by atoms with Crippen LogP contribution in [0.5, 0.6) is 0 Å². The maximum atomic E-state index is 15.0. The quantitative estimate of drug-likeness (QED) is 0.685. The Bertz CT molecular complexity index is 848. The smallest absolute Gasteiger partial charge is 0.419 e. The van der Waals surface area contributed by atoms with Gasteiger partial charge in [0, 0.05) is 17.2 Å². The molecule has 9 heteroatoms. The van der Waals surface area contributed by atoms with E-state index in [4.69, 9.17) is 10.8 Å². The van der Waals surface area contributed by atoms with Gasteiger partial charge in [0.25, 0.3) is 0 Å². The number of halogens is 6. The molecule has 0 amide bonds. The highest BCUT2D eigenvalue weighted by molar-refractivity contribution is 5.85. The molecule has 0 bridgehead atoms. The van der Waals surface area contributed by atoms with Crippen LogP contribution in [-0.4, -0.2) is 11.1 Å². The normalized spacial score (nSPS) is 12.4. The van der Waals surface area contributed by atoms with Crippen molar-refractivity contribution in [2.75, 3.05) is 0 Å². The summed E-state index contributed by atoms with van der Waals surface area (Å²) in [6.07, 6.45) is -6.01. The zero-order valence-electron chi connectivity index (χ0n) is 14.3. The van der Waals surface area contributed by atoms with Gasteiger partial charge in [-0.15, -0.1) is 12.4 Å². The van der Waals surface area contributed by atoms with Gasteiger partial charge in [0.1, 0.15) is 11.6 Å². The van der Waals surface area contributed by atoms with Crippen LogP contribution in [0, 0.1) is 25.5 Å². The lowest BCUT2D eigenvalue weighted by Crippen LogP contribution is -2.21. The molecule has 0 spiro atoms. The molecule has 0 aromatic heterocycles. The molecule has 0 unspecified atom stereocenters. The number of benzene rings is 2. The molecule has 0 heterocycles. The molecular weight excluding hydrogens is 393 g/mol. The topological polar surface area (TPSA) is 63.3 Å². The first kappa shape index (κ1) is 22.9. The molecule has 0 radical (unpaired) electrons. The van der Waals surface area contributed by atoms with Crippen molar-refractivity contribution in [3.05, 3.63) is 58.2 Å². The summed E-state index contributed by atoms with van der Waals surface area (Å²) in [7, 11) is 0. The van der Waals surface area contributed by atoms with E-state index in [1.165, 1.54) is 0 Å². The van der Waals surface area contributed by atoms with Crippen LogP contribution in [0.4, 0.5) is 22.0 Å². The van der Waals surface area contributed by atoms with Crippen LogP contribution in [0.2, 0.25) is 0 Å². The molecule has 0 saturated heterocycles. The van der Waals surface area contributed by atoms with Crippen LogP contribution in [0.25, 0.3) is 11.1 Å². The van der Waals surface area contributed by atoms with E-state index in [1.807, 2.05) is 0 Å². The maximum absolute atomic E-state index is 15.0. The minimum Gasteiger partial charge on any atom is -0.481 e. The molecule has 3 N–H and O–H groups in total. The Hall–Kier alpha value is -2.19. The lowest BCUT2D eigenvalue weighted by atomic mass is 9.89. The molecule has 0 aliphatic carbocycles. The van der Waals surface area contributed by atoms with Gasteiger partial charge in [-0.1, -0.05) is 18.2 Å². The molecule has 27 heavy (non-hydrogen) atoms. The predicted molar refractivity (Wildman–Crippen MR) is 92.7 cm³/mol. The van der Waals surface area contributed by atoms with Crippen molar-refractivity contribution in [3.8, 4) is 11.1 Å². The fourth-order valence-electron chi connectivity index (χ4n) is 2.90. The number of carbonyl (C=O) groups is 1. The van der Waals surface area contributed by atoms with Crippen LogP contribution in [0.1, 0.15) is 34.7 Å². The molecule has 1 atom stereocenters. The summed E-state index contributed by atoms with van der Waals surface area (Å²) in [5.74, 6) is -4.66. The fourth-order valence-corrected chi connectivity index (χ4v) is 2.90. The van der Waals surface area contributed by atoms with Crippen LogP contribution in [0.3, 0.4) is 0 Å².